The average molecular weight is 524 g/mol. The molecule has 5 aromatic rings. The molecule has 4 heterocycles. The SMILES string of the molecule is Fc1cc(OCCN2CCCC2)cc(-c2cccc3[nH]c(-c4n[nH]c5ccc(C6CCNCC6)cc45)cc23)c1. The summed E-state index contributed by atoms with van der Waals surface area (Å²) in [6, 6.07) is 19.9. The molecule has 200 valence electrons. The Morgan fingerprint density at radius 3 is 2.67 bits per heavy atom. The summed E-state index contributed by atoms with van der Waals surface area (Å²) < 4.78 is 20.7. The molecule has 2 aliphatic heterocycles. The van der Waals surface area contributed by atoms with Crippen LogP contribution >= 0.6 is 0 Å². The number of aromatic nitrogens is 3. The number of aromatic amines is 2. The number of nitrogens with one attached hydrogen (secondary N) is 3. The van der Waals surface area contributed by atoms with Crippen molar-refractivity contribution in [1.29, 1.82) is 0 Å². The number of hydrogen-bond acceptors (Lipinski definition) is 4. The molecule has 3 aromatic carbocycles. The molecule has 7 heteroatoms. The van der Waals surface area contributed by atoms with E-state index in [-0.39, 0.29) is 5.82 Å². The highest BCUT2D eigenvalue weighted by Gasteiger charge is 2.19. The summed E-state index contributed by atoms with van der Waals surface area (Å²) in [5, 5.41) is 13.5. The monoisotopic (exact) mass is 523 g/mol. The van der Waals surface area contributed by atoms with Crippen LogP contribution in [0.15, 0.2) is 60.7 Å². The molecule has 2 saturated heterocycles. The third-order valence-corrected chi connectivity index (χ3v) is 8.37. The third kappa shape index (κ3) is 4.92. The lowest BCUT2D eigenvalue weighted by Crippen LogP contribution is -2.26. The second-order valence-electron chi connectivity index (χ2n) is 10.9. The van der Waals surface area contributed by atoms with Crippen LogP contribution in [0.25, 0.3) is 44.3 Å². The Labute approximate surface area is 227 Å². The Morgan fingerprint density at radius 1 is 0.923 bits per heavy atom. The first-order valence-corrected chi connectivity index (χ1v) is 14.2. The number of fused-ring (bicyclic) bond motifs is 2. The molecule has 0 atom stereocenters. The van der Waals surface area contributed by atoms with Gasteiger partial charge in [-0.3, -0.25) is 10.00 Å². The average Bonchev–Trinajstić information content (AvgIpc) is 3.72. The van der Waals surface area contributed by atoms with Crippen LogP contribution in [0.1, 0.15) is 37.2 Å². The molecule has 0 aliphatic carbocycles. The van der Waals surface area contributed by atoms with Gasteiger partial charge in [-0.2, -0.15) is 5.10 Å². The lowest BCUT2D eigenvalue weighted by atomic mass is 9.89. The van der Waals surface area contributed by atoms with Crippen molar-refractivity contribution in [3.63, 3.8) is 0 Å². The van der Waals surface area contributed by atoms with Crippen LogP contribution in [0.2, 0.25) is 0 Å². The molecule has 0 radical (unpaired) electrons. The number of hydrogen-bond donors (Lipinski definition) is 3. The second kappa shape index (κ2) is 10.5. The van der Waals surface area contributed by atoms with Gasteiger partial charge in [0.25, 0.3) is 0 Å². The van der Waals surface area contributed by atoms with E-state index in [1.165, 1.54) is 24.5 Å². The predicted molar refractivity (Wildman–Crippen MR) is 155 cm³/mol. The highest BCUT2D eigenvalue weighted by atomic mass is 19.1. The summed E-state index contributed by atoms with van der Waals surface area (Å²) in [5.74, 6) is 0.855. The molecule has 6 nitrogen and oxygen atoms in total. The van der Waals surface area contributed by atoms with Crippen LogP contribution in [0.4, 0.5) is 4.39 Å². The summed E-state index contributed by atoms with van der Waals surface area (Å²) in [5.41, 5.74) is 7.03. The minimum Gasteiger partial charge on any atom is -0.492 e. The van der Waals surface area contributed by atoms with Crippen molar-refractivity contribution in [2.75, 3.05) is 39.3 Å². The van der Waals surface area contributed by atoms with E-state index in [0.29, 0.717) is 18.3 Å². The van der Waals surface area contributed by atoms with Gasteiger partial charge in [0.05, 0.1) is 11.2 Å². The van der Waals surface area contributed by atoms with Crippen molar-refractivity contribution in [3.05, 3.63) is 72.0 Å². The number of halogens is 1. The first kappa shape index (κ1) is 24.4. The van der Waals surface area contributed by atoms with Crippen LogP contribution in [0.5, 0.6) is 5.75 Å². The quantitative estimate of drug-likeness (QED) is 0.229. The Hall–Kier alpha value is -3.68. The van der Waals surface area contributed by atoms with Gasteiger partial charge in [0.2, 0.25) is 0 Å². The highest BCUT2D eigenvalue weighted by Crippen LogP contribution is 2.37. The summed E-state index contributed by atoms with van der Waals surface area (Å²) in [4.78, 5) is 5.97. The molecule has 2 aliphatic rings. The molecule has 39 heavy (non-hydrogen) atoms. The van der Waals surface area contributed by atoms with E-state index < -0.39 is 0 Å². The van der Waals surface area contributed by atoms with Crippen molar-refractivity contribution in [2.45, 2.75) is 31.6 Å². The molecule has 3 N–H and O–H groups in total. The first-order valence-electron chi connectivity index (χ1n) is 14.2. The smallest absolute Gasteiger partial charge is 0.127 e. The van der Waals surface area contributed by atoms with Gasteiger partial charge in [-0.25, -0.2) is 4.39 Å². The van der Waals surface area contributed by atoms with E-state index in [4.69, 9.17) is 9.84 Å². The van der Waals surface area contributed by atoms with Gasteiger partial charge in [0.1, 0.15) is 23.9 Å². The normalized spacial score (nSPS) is 16.9. The van der Waals surface area contributed by atoms with Crippen molar-refractivity contribution in [3.8, 4) is 28.3 Å². The largest absolute Gasteiger partial charge is 0.492 e. The van der Waals surface area contributed by atoms with Gasteiger partial charge in [0.15, 0.2) is 0 Å². The zero-order valence-electron chi connectivity index (χ0n) is 22.1. The Balaban J connectivity index is 1.20. The third-order valence-electron chi connectivity index (χ3n) is 8.37. The van der Waals surface area contributed by atoms with E-state index in [0.717, 1.165) is 89.9 Å². The number of nitrogens with zero attached hydrogens (tertiary/aromatic N) is 2. The van der Waals surface area contributed by atoms with Crippen LogP contribution < -0.4 is 10.1 Å². The molecule has 2 aromatic heterocycles. The van der Waals surface area contributed by atoms with E-state index in [1.807, 2.05) is 18.2 Å². The maximum atomic E-state index is 14.7. The number of likely N-dealkylation sites (tertiary alicyclic amines) is 1. The van der Waals surface area contributed by atoms with Gasteiger partial charge in [-0.05, 0) is 111 Å². The van der Waals surface area contributed by atoms with Gasteiger partial charge in [-0.1, -0.05) is 18.2 Å². The zero-order chi connectivity index (χ0) is 26.2. The topological polar surface area (TPSA) is 69.0 Å². The van der Waals surface area contributed by atoms with Gasteiger partial charge in [-0.15, -0.1) is 0 Å². The fourth-order valence-electron chi connectivity index (χ4n) is 6.28. The fourth-order valence-corrected chi connectivity index (χ4v) is 6.28. The lowest BCUT2D eigenvalue weighted by molar-refractivity contribution is 0.237. The van der Waals surface area contributed by atoms with Crippen molar-refractivity contribution in [2.24, 2.45) is 0 Å². The van der Waals surface area contributed by atoms with Gasteiger partial charge < -0.3 is 15.0 Å². The molecule has 0 unspecified atom stereocenters. The first-order chi connectivity index (χ1) is 19.2. The number of piperidine rings is 1. The van der Waals surface area contributed by atoms with Crippen molar-refractivity contribution < 1.29 is 9.13 Å². The number of ether oxygens (including phenoxy) is 1. The van der Waals surface area contributed by atoms with E-state index >= 15 is 0 Å². The maximum absolute atomic E-state index is 14.7. The summed E-state index contributed by atoms with van der Waals surface area (Å²) >= 11 is 0. The molecule has 0 spiro atoms. The van der Waals surface area contributed by atoms with E-state index in [9.17, 15) is 4.39 Å². The lowest BCUT2D eigenvalue weighted by Gasteiger charge is -2.23. The van der Waals surface area contributed by atoms with Gasteiger partial charge >= 0.3 is 0 Å². The Bertz CT molecular complexity index is 1610. The second-order valence-corrected chi connectivity index (χ2v) is 10.9. The number of H-pyrrole nitrogens is 2. The van der Waals surface area contributed by atoms with E-state index in [1.54, 1.807) is 6.07 Å². The maximum Gasteiger partial charge on any atom is 0.127 e. The van der Waals surface area contributed by atoms with Crippen LogP contribution in [0, 0.1) is 5.82 Å². The standard InChI is InChI=1S/C32H34FN5O/c33-24-16-23(17-25(19-24)39-15-14-38-12-1-2-13-38)26-4-3-5-29-27(26)20-31(35-29)32-28-18-22(6-7-30(28)36-37-32)21-8-10-34-11-9-21/h3-7,16-21,34-35H,1-2,8-15H2,(H,36,37). The molecule has 0 amide bonds. The zero-order valence-corrected chi connectivity index (χ0v) is 22.1. The molecular formula is C32H34FN5O. The highest BCUT2D eigenvalue weighted by molar-refractivity contribution is 6.01. The van der Waals surface area contributed by atoms with Crippen LogP contribution in [-0.2, 0) is 0 Å². The molecule has 7 rings (SSSR count). The Kier molecular flexibility index (Phi) is 6.54. The van der Waals surface area contributed by atoms with E-state index in [2.05, 4.69) is 50.6 Å². The summed E-state index contributed by atoms with van der Waals surface area (Å²) in [6.45, 7) is 5.82. The van der Waals surface area contributed by atoms with Crippen molar-refractivity contribution in [1.82, 2.24) is 25.4 Å². The summed E-state index contributed by atoms with van der Waals surface area (Å²) in [7, 11) is 0. The number of benzene rings is 3. The molecule has 0 bridgehead atoms. The Morgan fingerprint density at radius 2 is 1.79 bits per heavy atom. The van der Waals surface area contributed by atoms with Crippen LogP contribution in [-0.4, -0.2) is 59.4 Å². The molecule has 2 fully saturated rings. The van der Waals surface area contributed by atoms with Crippen molar-refractivity contribution >= 4 is 21.8 Å². The fraction of sp³-hybridized carbons (Fsp3) is 0.344. The summed E-state index contributed by atoms with van der Waals surface area (Å²) in [6.07, 6.45) is 4.82. The predicted octanol–water partition coefficient (Wildman–Crippen LogP) is 6.46. The number of rotatable bonds is 7. The minimum atomic E-state index is -0.292. The minimum absolute atomic E-state index is 0.292. The molecular weight excluding hydrogens is 489 g/mol. The van der Waals surface area contributed by atoms with Gasteiger partial charge in [0, 0.05) is 28.9 Å². The molecule has 0 saturated carbocycles. The van der Waals surface area contributed by atoms with Crippen LogP contribution in [0.3, 0.4) is 0 Å².